The minimum atomic E-state index is -0.368. The highest BCUT2D eigenvalue weighted by Gasteiger charge is 2.61. The van der Waals surface area contributed by atoms with Crippen LogP contribution in [0.1, 0.15) is 72.1 Å². The largest absolute Gasteiger partial charge is 0.389 e. The van der Waals surface area contributed by atoms with E-state index in [0.29, 0.717) is 36.1 Å². The first-order chi connectivity index (χ1) is 10.4. The van der Waals surface area contributed by atoms with Crippen molar-refractivity contribution in [3.8, 4) is 0 Å². The lowest BCUT2D eigenvalue weighted by Gasteiger charge is -2.39. The molecule has 3 nitrogen and oxygen atoms in total. The Hall–Kier alpha value is -0.120. The zero-order valence-electron chi connectivity index (χ0n) is 14.7. The molecule has 2 bridgehead atoms. The Kier molecular flexibility index (Phi) is 4.87. The summed E-state index contributed by atoms with van der Waals surface area (Å²) in [6.45, 7) is 8.39. The average Bonchev–Trinajstić information content (AvgIpc) is 2.85. The highest BCUT2D eigenvalue weighted by atomic mass is 16.5. The summed E-state index contributed by atoms with van der Waals surface area (Å²) in [5.74, 6) is 0.806. The maximum atomic E-state index is 10.2. The highest BCUT2D eigenvalue weighted by molar-refractivity contribution is 5.11. The fraction of sp³-hybridized carbons (Fsp3) is 1.00. The van der Waals surface area contributed by atoms with E-state index in [2.05, 4.69) is 26.1 Å². The zero-order chi connectivity index (χ0) is 15.8. The molecule has 3 heteroatoms. The van der Waals surface area contributed by atoms with Gasteiger partial charge in [-0.05, 0) is 48.9 Å². The molecule has 3 aliphatic rings. The van der Waals surface area contributed by atoms with Crippen LogP contribution in [0.2, 0.25) is 0 Å². The Morgan fingerprint density at radius 1 is 1.14 bits per heavy atom. The second kappa shape index (κ2) is 6.41. The van der Waals surface area contributed by atoms with Crippen molar-refractivity contribution in [3.05, 3.63) is 0 Å². The van der Waals surface area contributed by atoms with Gasteiger partial charge in [-0.2, -0.15) is 0 Å². The number of hydrogen-bond acceptors (Lipinski definition) is 3. The van der Waals surface area contributed by atoms with Crippen LogP contribution in [0, 0.1) is 16.7 Å². The first kappa shape index (κ1) is 16.7. The monoisotopic (exact) mass is 309 g/mol. The average molecular weight is 309 g/mol. The Morgan fingerprint density at radius 3 is 2.45 bits per heavy atom. The molecular formula is C19H35NO2. The Morgan fingerprint density at radius 2 is 1.86 bits per heavy atom. The molecule has 128 valence electrons. The summed E-state index contributed by atoms with van der Waals surface area (Å²) < 4.78 is 6.19. The molecule has 2 N–H and O–H groups in total. The first-order valence-corrected chi connectivity index (χ1v) is 9.46. The van der Waals surface area contributed by atoms with Crippen LogP contribution < -0.4 is 5.32 Å². The first-order valence-electron chi connectivity index (χ1n) is 9.46. The van der Waals surface area contributed by atoms with Gasteiger partial charge in [0.25, 0.3) is 0 Å². The molecule has 22 heavy (non-hydrogen) atoms. The number of rotatable bonds is 6. The molecule has 4 atom stereocenters. The molecule has 0 amide bonds. The van der Waals surface area contributed by atoms with Crippen molar-refractivity contribution in [1.82, 2.24) is 5.32 Å². The Bertz CT molecular complexity index is 378. The van der Waals surface area contributed by atoms with Gasteiger partial charge >= 0.3 is 0 Å². The van der Waals surface area contributed by atoms with E-state index in [4.69, 9.17) is 4.74 Å². The lowest BCUT2D eigenvalue weighted by atomic mass is 9.70. The normalized spacial score (nSPS) is 39.3. The van der Waals surface area contributed by atoms with Gasteiger partial charge in [0.05, 0.1) is 18.8 Å². The van der Waals surface area contributed by atoms with Crippen molar-refractivity contribution in [2.45, 2.75) is 90.4 Å². The van der Waals surface area contributed by atoms with Gasteiger partial charge in [0.15, 0.2) is 0 Å². The van der Waals surface area contributed by atoms with E-state index in [9.17, 15) is 5.11 Å². The van der Waals surface area contributed by atoms with Crippen LogP contribution in [0.25, 0.3) is 0 Å². The number of aliphatic hydroxyl groups is 1. The van der Waals surface area contributed by atoms with Crippen LogP contribution >= 0.6 is 0 Å². The third-order valence-corrected chi connectivity index (χ3v) is 7.45. The number of hydrogen-bond donors (Lipinski definition) is 2. The van der Waals surface area contributed by atoms with Crippen molar-refractivity contribution in [3.63, 3.8) is 0 Å². The summed E-state index contributed by atoms with van der Waals surface area (Å²) in [6.07, 6.45) is 10.4. The van der Waals surface area contributed by atoms with E-state index in [0.717, 1.165) is 5.92 Å². The summed E-state index contributed by atoms with van der Waals surface area (Å²) in [6, 6.07) is 0.613. The third kappa shape index (κ3) is 2.97. The molecule has 0 aromatic carbocycles. The van der Waals surface area contributed by atoms with E-state index < -0.39 is 0 Å². The summed E-state index contributed by atoms with van der Waals surface area (Å²) in [5, 5.41) is 13.8. The minimum Gasteiger partial charge on any atom is -0.389 e. The molecular weight excluding hydrogens is 274 g/mol. The molecule has 0 heterocycles. The second-order valence-corrected chi connectivity index (χ2v) is 8.83. The van der Waals surface area contributed by atoms with Gasteiger partial charge in [-0.15, -0.1) is 0 Å². The zero-order valence-corrected chi connectivity index (χ0v) is 14.7. The van der Waals surface area contributed by atoms with Crippen LogP contribution in [0.15, 0.2) is 0 Å². The predicted octanol–water partition coefficient (Wildman–Crippen LogP) is 3.50. The molecule has 3 saturated carbocycles. The molecule has 0 spiro atoms. The van der Waals surface area contributed by atoms with E-state index in [1.807, 2.05) is 0 Å². The van der Waals surface area contributed by atoms with Crippen molar-refractivity contribution in [1.29, 1.82) is 0 Å². The number of nitrogens with one attached hydrogen (secondary N) is 1. The summed E-state index contributed by atoms with van der Waals surface area (Å²) in [4.78, 5) is 0. The second-order valence-electron chi connectivity index (χ2n) is 8.83. The van der Waals surface area contributed by atoms with Gasteiger partial charge in [0.2, 0.25) is 0 Å². The van der Waals surface area contributed by atoms with Crippen LogP contribution in [0.5, 0.6) is 0 Å². The maximum Gasteiger partial charge on any atom is 0.0897 e. The van der Waals surface area contributed by atoms with Crippen LogP contribution in [-0.4, -0.2) is 36.5 Å². The molecule has 0 saturated heterocycles. The van der Waals surface area contributed by atoms with Gasteiger partial charge in [-0.3, -0.25) is 0 Å². The molecule has 0 aromatic heterocycles. The van der Waals surface area contributed by atoms with E-state index in [-0.39, 0.29) is 6.10 Å². The number of aliphatic hydroxyl groups excluding tert-OH is 1. The Balaban J connectivity index is 1.41. The molecule has 0 unspecified atom stereocenters. The van der Waals surface area contributed by atoms with Crippen LogP contribution in [0.4, 0.5) is 0 Å². The van der Waals surface area contributed by atoms with E-state index in [1.165, 1.54) is 51.4 Å². The molecule has 0 radical (unpaired) electrons. The molecule has 0 aromatic rings. The van der Waals surface area contributed by atoms with E-state index >= 15 is 0 Å². The highest BCUT2D eigenvalue weighted by Crippen LogP contribution is 2.66. The summed E-state index contributed by atoms with van der Waals surface area (Å²) >= 11 is 0. The molecule has 3 aliphatic carbocycles. The standard InChI is InChI=1S/C19H35NO2/c1-18(2)14-9-10-19(18,3)17(11-14)22-13-16(21)12-20-15-7-5-4-6-8-15/h14-17,20-21H,4-13H2,1-3H3/t14-,16-,17-,19-/m1/s1. The third-order valence-electron chi connectivity index (χ3n) is 7.45. The topological polar surface area (TPSA) is 41.5 Å². The van der Waals surface area contributed by atoms with Gasteiger partial charge < -0.3 is 15.2 Å². The van der Waals surface area contributed by atoms with Crippen molar-refractivity contribution >= 4 is 0 Å². The number of fused-ring (bicyclic) bond motifs is 2. The lowest BCUT2D eigenvalue weighted by Crippen LogP contribution is -2.41. The number of ether oxygens (including phenoxy) is 1. The van der Waals surface area contributed by atoms with E-state index in [1.54, 1.807) is 0 Å². The molecule has 0 aliphatic heterocycles. The smallest absolute Gasteiger partial charge is 0.0897 e. The SMILES string of the molecule is CC1(C)[C@@H]2CC[C@]1(C)[C@H](OC[C@H](O)CNC1CCCCC1)C2. The molecule has 3 fully saturated rings. The molecule has 3 rings (SSSR count). The fourth-order valence-electron chi connectivity index (χ4n) is 5.28. The van der Waals surface area contributed by atoms with Crippen molar-refractivity contribution in [2.75, 3.05) is 13.2 Å². The minimum absolute atomic E-state index is 0.300. The van der Waals surface area contributed by atoms with Gasteiger partial charge in [-0.25, -0.2) is 0 Å². The van der Waals surface area contributed by atoms with Crippen molar-refractivity contribution in [2.24, 2.45) is 16.7 Å². The lowest BCUT2D eigenvalue weighted by molar-refractivity contribution is -0.0745. The summed E-state index contributed by atoms with van der Waals surface area (Å²) in [7, 11) is 0. The van der Waals surface area contributed by atoms with Crippen LogP contribution in [0.3, 0.4) is 0 Å². The Labute approximate surface area is 136 Å². The van der Waals surface area contributed by atoms with Crippen LogP contribution in [-0.2, 0) is 4.74 Å². The van der Waals surface area contributed by atoms with Gasteiger partial charge in [-0.1, -0.05) is 40.0 Å². The van der Waals surface area contributed by atoms with Gasteiger partial charge in [0, 0.05) is 12.6 Å². The quantitative estimate of drug-likeness (QED) is 0.789. The van der Waals surface area contributed by atoms with Gasteiger partial charge in [0.1, 0.15) is 0 Å². The predicted molar refractivity (Wildman–Crippen MR) is 89.9 cm³/mol. The maximum absolute atomic E-state index is 10.2. The summed E-state index contributed by atoms with van der Waals surface area (Å²) in [5.41, 5.74) is 0.692. The van der Waals surface area contributed by atoms with Crippen molar-refractivity contribution < 1.29 is 9.84 Å². The fourth-order valence-corrected chi connectivity index (χ4v) is 5.28.